The summed E-state index contributed by atoms with van der Waals surface area (Å²) in [5.41, 5.74) is 0.710. The van der Waals surface area contributed by atoms with Crippen molar-refractivity contribution in [1.82, 2.24) is 10.2 Å². The van der Waals surface area contributed by atoms with Gasteiger partial charge in [0.1, 0.15) is 0 Å². The highest BCUT2D eigenvalue weighted by Gasteiger charge is 2.36. The van der Waals surface area contributed by atoms with Crippen molar-refractivity contribution in [3.05, 3.63) is 46.1 Å². The van der Waals surface area contributed by atoms with Crippen LogP contribution in [0.2, 0.25) is 0 Å². The fourth-order valence-corrected chi connectivity index (χ4v) is 3.87. The molecule has 0 unspecified atom stereocenters. The Morgan fingerprint density at radius 2 is 1.90 bits per heavy atom. The second kappa shape index (κ2) is 8.59. The van der Waals surface area contributed by atoms with E-state index >= 15 is 0 Å². The van der Waals surface area contributed by atoms with Crippen molar-refractivity contribution in [1.29, 1.82) is 0 Å². The maximum atomic E-state index is 12.7. The SMILES string of the molecule is C[n+]1cc(C(=O)NC[C@@H]2CCN(C(=O)C3CC3)C2)c(NC(=O)c2ccc(Br)cc2)o1. The van der Waals surface area contributed by atoms with Gasteiger partial charge in [0.2, 0.25) is 12.1 Å². The van der Waals surface area contributed by atoms with Crippen LogP contribution in [0.3, 0.4) is 0 Å². The first-order valence-electron chi connectivity index (χ1n) is 10.0. The molecule has 1 atom stereocenters. The Bertz CT molecular complexity index is 968. The molecule has 1 saturated carbocycles. The third-order valence-electron chi connectivity index (χ3n) is 5.44. The van der Waals surface area contributed by atoms with E-state index in [1.54, 1.807) is 31.3 Å². The molecule has 1 saturated heterocycles. The summed E-state index contributed by atoms with van der Waals surface area (Å²) >= 11 is 3.33. The molecular formula is C21H24BrN4O4+. The van der Waals surface area contributed by atoms with Gasteiger partial charge >= 0.3 is 0 Å². The van der Waals surface area contributed by atoms with Gasteiger partial charge in [0.25, 0.3) is 17.7 Å². The average Bonchev–Trinajstić information content (AvgIpc) is 3.36. The number of nitrogens with one attached hydrogen (secondary N) is 2. The van der Waals surface area contributed by atoms with Gasteiger partial charge in [-0.1, -0.05) is 15.9 Å². The number of nitrogens with zero attached hydrogens (tertiary/aromatic N) is 2. The number of carbonyl (C=O) groups excluding carboxylic acids is 3. The largest absolute Gasteiger partial charge is 0.351 e. The summed E-state index contributed by atoms with van der Waals surface area (Å²) in [4.78, 5) is 39.3. The minimum Gasteiger partial charge on any atom is -0.351 e. The zero-order valence-corrected chi connectivity index (χ0v) is 18.3. The number of halogens is 1. The molecule has 30 heavy (non-hydrogen) atoms. The van der Waals surface area contributed by atoms with Crippen LogP contribution in [0, 0.1) is 11.8 Å². The lowest BCUT2D eigenvalue weighted by molar-refractivity contribution is -0.843. The maximum Gasteiger partial charge on any atom is 0.295 e. The Hall–Kier alpha value is -2.68. The first kappa shape index (κ1) is 20.6. The smallest absolute Gasteiger partial charge is 0.295 e. The normalized spacial score (nSPS) is 18.3. The number of hydrogen-bond acceptors (Lipinski definition) is 4. The fourth-order valence-electron chi connectivity index (χ4n) is 3.61. The van der Waals surface area contributed by atoms with Crippen molar-refractivity contribution < 1.29 is 23.6 Å². The Morgan fingerprint density at radius 1 is 1.17 bits per heavy atom. The van der Waals surface area contributed by atoms with Crippen LogP contribution in [0.1, 0.15) is 40.0 Å². The minimum absolute atomic E-state index is 0.0971. The van der Waals surface area contributed by atoms with E-state index in [2.05, 4.69) is 26.6 Å². The zero-order chi connectivity index (χ0) is 21.3. The van der Waals surface area contributed by atoms with Gasteiger partial charge in [0.05, 0.1) is 0 Å². The van der Waals surface area contributed by atoms with Crippen molar-refractivity contribution in [3.8, 4) is 0 Å². The highest BCUT2D eigenvalue weighted by atomic mass is 79.9. The van der Waals surface area contributed by atoms with E-state index in [1.165, 1.54) is 10.9 Å². The maximum absolute atomic E-state index is 12.7. The number of benzene rings is 1. The lowest BCUT2D eigenvalue weighted by Crippen LogP contribution is -2.34. The number of aromatic nitrogens is 1. The quantitative estimate of drug-likeness (QED) is 0.625. The van der Waals surface area contributed by atoms with Gasteiger partial charge in [0.15, 0.2) is 12.6 Å². The van der Waals surface area contributed by atoms with Gasteiger partial charge in [-0.3, -0.25) is 19.7 Å². The van der Waals surface area contributed by atoms with Crippen LogP contribution in [0.4, 0.5) is 5.88 Å². The molecule has 8 nitrogen and oxygen atoms in total. The Kier molecular flexibility index (Phi) is 5.90. The molecule has 2 aromatic rings. The third kappa shape index (κ3) is 4.72. The first-order chi connectivity index (χ1) is 14.4. The third-order valence-corrected chi connectivity index (χ3v) is 5.97. The molecule has 0 bridgehead atoms. The van der Waals surface area contributed by atoms with E-state index in [0.29, 0.717) is 18.7 Å². The predicted molar refractivity (Wildman–Crippen MR) is 112 cm³/mol. The summed E-state index contributed by atoms with van der Waals surface area (Å²) in [5.74, 6) is 0.122. The fraction of sp³-hybridized carbons (Fsp3) is 0.429. The predicted octanol–water partition coefficient (Wildman–Crippen LogP) is 2.11. The van der Waals surface area contributed by atoms with Gasteiger partial charge in [-0.05, 0) is 54.2 Å². The van der Waals surface area contributed by atoms with Crippen LogP contribution in [0.25, 0.3) is 0 Å². The van der Waals surface area contributed by atoms with E-state index in [4.69, 9.17) is 4.52 Å². The number of rotatable bonds is 6. The summed E-state index contributed by atoms with van der Waals surface area (Å²) in [6.45, 7) is 1.91. The molecule has 1 aliphatic carbocycles. The highest BCUT2D eigenvalue weighted by Crippen LogP contribution is 2.32. The molecule has 2 fully saturated rings. The van der Waals surface area contributed by atoms with Crippen LogP contribution in [0.15, 0.2) is 39.5 Å². The highest BCUT2D eigenvalue weighted by molar-refractivity contribution is 9.10. The molecule has 9 heteroatoms. The molecule has 2 N–H and O–H groups in total. The van der Waals surface area contributed by atoms with Crippen molar-refractivity contribution in [2.45, 2.75) is 19.3 Å². The zero-order valence-electron chi connectivity index (χ0n) is 16.7. The van der Waals surface area contributed by atoms with Gasteiger partial charge in [-0.25, -0.2) is 4.52 Å². The molecule has 158 valence electrons. The lowest BCUT2D eigenvalue weighted by Gasteiger charge is -2.16. The summed E-state index contributed by atoms with van der Waals surface area (Å²) < 4.78 is 7.71. The molecule has 1 aliphatic heterocycles. The number of amides is 3. The average molecular weight is 476 g/mol. The van der Waals surface area contributed by atoms with E-state index in [0.717, 1.165) is 30.3 Å². The van der Waals surface area contributed by atoms with Gasteiger partial charge in [-0.15, -0.1) is 0 Å². The van der Waals surface area contributed by atoms with Crippen molar-refractivity contribution in [2.24, 2.45) is 18.9 Å². The number of carbonyl (C=O) groups is 3. The van der Waals surface area contributed by atoms with Crippen molar-refractivity contribution in [3.63, 3.8) is 0 Å². The molecule has 0 spiro atoms. The van der Waals surface area contributed by atoms with Crippen LogP contribution in [-0.4, -0.2) is 42.3 Å². The summed E-state index contributed by atoms with van der Waals surface area (Å²) in [6.07, 6.45) is 4.42. The topological polar surface area (TPSA) is 95.5 Å². The second-order valence-electron chi connectivity index (χ2n) is 7.89. The van der Waals surface area contributed by atoms with Gasteiger partial charge in [0, 0.05) is 35.6 Å². The monoisotopic (exact) mass is 475 g/mol. The molecule has 2 aliphatic rings. The van der Waals surface area contributed by atoms with Gasteiger partial charge < -0.3 is 10.2 Å². The number of hydrogen-bond donors (Lipinski definition) is 2. The van der Waals surface area contributed by atoms with Crippen molar-refractivity contribution in [2.75, 3.05) is 25.0 Å². The van der Waals surface area contributed by atoms with Crippen LogP contribution < -0.4 is 15.4 Å². The standard InChI is InChI=1S/C21H23BrN4O4/c1-25-12-17(20(30-25)24-18(27)14-4-6-16(22)7-5-14)19(28)23-10-13-8-9-26(11-13)21(29)15-2-3-15/h4-7,12-13,15H,2-3,8-11H2,1H3,(H,23,28)/p+1/t13-/m0/s1. The first-order valence-corrected chi connectivity index (χ1v) is 10.8. The van der Waals surface area contributed by atoms with E-state index in [1.807, 2.05) is 4.90 Å². The second-order valence-corrected chi connectivity index (χ2v) is 8.81. The molecule has 1 aromatic heterocycles. The lowest BCUT2D eigenvalue weighted by atomic mass is 10.1. The van der Waals surface area contributed by atoms with Crippen LogP contribution in [-0.2, 0) is 11.8 Å². The molecule has 4 rings (SSSR count). The van der Waals surface area contributed by atoms with Gasteiger partial charge in [-0.2, -0.15) is 0 Å². The van der Waals surface area contributed by atoms with Crippen LogP contribution >= 0.6 is 15.9 Å². The molecule has 1 aromatic carbocycles. The molecular weight excluding hydrogens is 452 g/mol. The number of anilines is 1. The van der Waals surface area contributed by atoms with E-state index in [-0.39, 0.29) is 41.0 Å². The Balaban J connectivity index is 1.34. The Labute approximate surface area is 182 Å². The number of likely N-dealkylation sites (tertiary alicyclic amines) is 1. The summed E-state index contributed by atoms with van der Waals surface area (Å²) in [5, 5.41) is 5.57. The Morgan fingerprint density at radius 3 is 2.60 bits per heavy atom. The molecule has 0 radical (unpaired) electrons. The van der Waals surface area contributed by atoms with E-state index in [9.17, 15) is 14.4 Å². The minimum atomic E-state index is -0.364. The van der Waals surface area contributed by atoms with Crippen molar-refractivity contribution >= 4 is 39.5 Å². The summed E-state index contributed by atoms with van der Waals surface area (Å²) in [7, 11) is 1.64. The van der Waals surface area contributed by atoms with Crippen LogP contribution in [0.5, 0.6) is 0 Å². The molecule has 2 heterocycles. The van der Waals surface area contributed by atoms with E-state index < -0.39 is 0 Å². The molecule has 3 amide bonds. The number of aryl methyl sites for hydroxylation is 1. The summed E-state index contributed by atoms with van der Waals surface area (Å²) in [6, 6.07) is 6.89.